The lowest BCUT2D eigenvalue weighted by atomic mass is 10.1. The zero-order valence-corrected chi connectivity index (χ0v) is 8.35. The first-order valence-corrected chi connectivity index (χ1v) is 4.65. The Morgan fingerprint density at radius 2 is 2.21 bits per heavy atom. The van der Waals surface area contributed by atoms with Crippen LogP contribution < -0.4 is 0 Å². The predicted molar refractivity (Wildman–Crippen MR) is 46.5 cm³/mol. The molecule has 0 saturated heterocycles. The summed E-state index contributed by atoms with van der Waals surface area (Å²) in [7, 11) is 0. The molecule has 6 heteroatoms. The number of nitrogens with zero attached hydrogens (tertiary/aromatic N) is 2. The molecule has 0 aliphatic carbocycles. The first-order valence-electron chi connectivity index (χ1n) is 3.53. The molecule has 1 aromatic rings. The zero-order chi connectivity index (χ0) is 10.7. The van der Waals surface area contributed by atoms with Crippen molar-refractivity contribution in [2.75, 3.05) is 0 Å². The van der Waals surface area contributed by atoms with E-state index in [4.69, 9.17) is 5.26 Å². The number of aromatic nitrogens is 1. The van der Waals surface area contributed by atoms with E-state index in [2.05, 4.69) is 20.9 Å². The minimum atomic E-state index is -2.88. The first kappa shape index (κ1) is 11.0. The minimum absolute atomic E-state index is 0.0314. The van der Waals surface area contributed by atoms with Gasteiger partial charge in [0.2, 0.25) is 5.95 Å². The zero-order valence-electron chi connectivity index (χ0n) is 6.77. The third kappa shape index (κ3) is 2.04. The smallest absolute Gasteiger partial charge is 0.218 e. The van der Waals surface area contributed by atoms with Gasteiger partial charge in [0.15, 0.2) is 0 Å². The number of pyridine rings is 1. The lowest BCUT2D eigenvalue weighted by molar-refractivity contribution is 0.144. The molecule has 0 aromatic carbocycles. The molecule has 0 N–H and O–H groups in total. The second-order valence-corrected chi connectivity index (χ2v) is 2.96. The Balaban J connectivity index is 3.41. The van der Waals surface area contributed by atoms with Crippen LogP contribution in [0.3, 0.4) is 0 Å². The topological polar surface area (TPSA) is 36.7 Å². The molecule has 0 bridgehead atoms. The summed E-state index contributed by atoms with van der Waals surface area (Å²) in [4.78, 5) is 3.05. The average molecular weight is 265 g/mol. The SMILES string of the molecule is N#Cc1cc(F)nc(C(F)F)c1CBr. The molecule has 0 atom stereocenters. The van der Waals surface area contributed by atoms with Crippen LogP contribution in [0.4, 0.5) is 13.2 Å². The van der Waals surface area contributed by atoms with Crippen LogP contribution in [-0.4, -0.2) is 4.98 Å². The molecular formula is C8H4BrF3N2. The fraction of sp³-hybridized carbons (Fsp3) is 0.250. The maximum atomic E-state index is 12.7. The summed E-state index contributed by atoms with van der Waals surface area (Å²) < 4.78 is 37.4. The van der Waals surface area contributed by atoms with Gasteiger partial charge in [-0.1, -0.05) is 15.9 Å². The third-order valence-corrected chi connectivity index (χ3v) is 2.15. The van der Waals surface area contributed by atoms with Crippen molar-refractivity contribution in [3.05, 3.63) is 28.8 Å². The van der Waals surface area contributed by atoms with E-state index in [1.54, 1.807) is 6.07 Å². The van der Waals surface area contributed by atoms with Gasteiger partial charge in [-0.25, -0.2) is 13.8 Å². The molecule has 0 saturated carbocycles. The van der Waals surface area contributed by atoms with E-state index in [0.717, 1.165) is 6.07 Å². The monoisotopic (exact) mass is 264 g/mol. The van der Waals surface area contributed by atoms with E-state index in [0.29, 0.717) is 0 Å². The molecule has 1 rings (SSSR count). The maximum absolute atomic E-state index is 12.7. The molecule has 0 aliphatic heterocycles. The van der Waals surface area contributed by atoms with Crippen molar-refractivity contribution < 1.29 is 13.2 Å². The van der Waals surface area contributed by atoms with E-state index in [9.17, 15) is 13.2 Å². The summed E-state index contributed by atoms with van der Waals surface area (Å²) in [5.74, 6) is -1.07. The number of hydrogen-bond acceptors (Lipinski definition) is 2. The molecule has 1 aromatic heterocycles. The van der Waals surface area contributed by atoms with Gasteiger partial charge in [0.25, 0.3) is 6.43 Å². The van der Waals surface area contributed by atoms with Gasteiger partial charge in [-0.15, -0.1) is 0 Å². The molecule has 2 nitrogen and oxygen atoms in total. The van der Waals surface area contributed by atoms with Crippen molar-refractivity contribution in [1.29, 1.82) is 5.26 Å². The third-order valence-electron chi connectivity index (χ3n) is 1.59. The normalized spacial score (nSPS) is 10.3. The van der Waals surface area contributed by atoms with Crippen LogP contribution in [0.1, 0.15) is 23.2 Å². The molecule has 74 valence electrons. The number of alkyl halides is 3. The van der Waals surface area contributed by atoms with Crippen molar-refractivity contribution in [3.63, 3.8) is 0 Å². The summed E-state index contributed by atoms with van der Waals surface area (Å²) in [6.07, 6.45) is -2.88. The lowest BCUT2D eigenvalue weighted by Crippen LogP contribution is -2.02. The summed E-state index contributed by atoms with van der Waals surface area (Å²) in [5, 5.41) is 8.61. The van der Waals surface area contributed by atoms with Crippen LogP contribution in [0.25, 0.3) is 0 Å². The van der Waals surface area contributed by atoms with Gasteiger partial charge in [0.05, 0.1) is 11.6 Å². The molecule has 0 fully saturated rings. The standard InChI is InChI=1S/C8H4BrF3N2/c9-2-5-4(3-13)1-6(10)14-7(5)8(11)12/h1,8H,2H2. The van der Waals surface area contributed by atoms with Gasteiger partial charge in [0, 0.05) is 17.0 Å². The van der Waals surface area contributed by atoms with E-state index < -0.39 is 18.1 Å². The van der Waals surface area contributed by atoms with Crippen LogP contribution in [0.15, 0.2) is 6.07 Å². The molecule has 0 unspecified atom stereocenters. The Kier molecular flexibility index (Phi) is 3.47. The van der Waals surface area contributed by atoms with Crippen LogP contribution in [0, 0.1) is 17.3 Å². The lowest BCUT2D eigenvalue weighted by Gasteiger charge is -2.06. The molecule has 14 heavy (non-hydrogen) atoms. The van der Waals surface area contributed by atoms with Crippen molar-refractivity contribution in [1.82, 2.24) is 4.98 Å². The number of halogens is 4. The largest absolute Gasteiger partial charge is 0.280 e. The predicted octanol–water partition coefficient (Wildman–Crippen LogP) is 2.92. The molecule has 0 aliphatic rings. The van der Waals surface area contributed by atoms with Crippen molar-refractivity contribution in [2.24, 2.45) is 0 Å². The van der Waals surface area contributed by atoms with E-state index in [1.165, 1.54) is 0 Å². The number of hydrogen-bond donors (Lipinski definition) is 0. The summed E-state index contributed by atoms with van der Waals surface area (Å²) in [6.45, 7) is 0. The fourth-order valence-corrected chi connectivity index (χ4v) is 1.57. The summed E-state index contributed by atoms with van der Waals surface area (Å²) >= 11 is 2.95. The molecule has 0 amide bonds. The summed E-state index contributed by atoms with van der Waals surface area (Å²) in [5.41, 5.74) is -0.771. The van der Waals surface area contributed by atoms with Crippen LogP contribution in [0.5, 0.6) is 0 Å². The Morgan fingerprint density at radius 1 is 1.57 bits per heavy atom. The second-order valence-electron chi connectivity index (χ2n) is 2.40. The molecule has 0 spiro atoms. The Hall–Kier alpha value is -1.09. The van der Waals surface area contributed by atoms with Crippen molar-refractivity contribution in [3.8, 4) is 6.07 Å². The van der Waals surface area contributed by atoms with Crippen molar-refractivity contribution >= 4 is 15.9 Å². The average Bonchev–Trinajstić information content (AvgIpc) is 2.16. The van der Waals surface area contributed by atoms with Gasteiger partial charge < -0.3 is 0 Å². The van der Waals surface area contributed by atoms with Crippen LogP contribution in [-0.2, 0) is 5.33 Å². The second kappa shape index (κ2) is 4.42. The van der Waals surface area contributed by atoms with Crippen molar-refractivity contribution in [2.45, 2.75) is 11.8 Å². The minimum Gasteiger partial charge on any atom is -0.218 e. The highest BCUT2D eigenvalue weighted by molar-refractivity contribution is 9.08. The number of nitriles is 1. The van der Waals surface area contributed by atoms with E-state index >= 15 is 0 Å². The Morgan fingerprint density at radius 3 is 2.64 bits per heavy atom. The van der Waals surface area contributed by atoms with Crippen LogP contribution in [0.2, 0.25) is 0 Å². The van der Waals surface area contributed by atoms with E-state index in [1.807, 2.05) is 0 Å². The number of rotatable bonds is 2. The molecule has 0 radical (unpaired) electrons. The quantitative estimate of drug-likeness (QED) is 0.609. The van der Waals surface area contributed by atoms with Gasteiger partial charge in [-0.05, 0) is 0 Å². The molecular weight excluding hydrogens is 261 g/mol. The van der Waals surface area contributed by atoms with Gasteiger partial charge in [-0.2, -0.15) is 9.65 Å². The highest BCUT2D eigenvalue weighted by Gasteiger charge is 2.19. The Labute approximate surface area is 86.5 Å². The highest BCUT2D eigenvalue weighted by atomic mass is 79.9. The first-order chi connectivity index (χ1) is 6.60. The van der Waals surface area contributed by atoms with Crippen LogP contribution >= 0.6 is 15.9 Å². The van der Waals surface area contributed by atoms with Gasteiger partial charge >= 0.3 is 0 Å². The highest BCUT2D eigenvalue weighted by Crippen LogP contribution is 2.25. The fourth-order valence-electron chi connectivity index (χ4n) is 0.980. The van der Waals surface area contributed by atoms with Gasteiger partial charge in [0.1, 0.15) is 5.69 Å². The maximum Gasteiger partial charge on any atom is 0.280 e. The van der Waals surface area contributed by atoms with Gasteiger partial charge in [-0.3, -0.25) is 0 Å². The molecule has 1 heterocycles. The van der Waals surface area contributed by atoms with E-state index in [-0.39, 0.29) is 16.5 Å². The summed E-state index contributed by atoms with van der Waals surface area (Å²) in [6, 6.07) is 2.48. The Bertz CT molecular complexity index is 387.